The standard InChI is InChI=1S/C20H16FN3O3S/c1-10-18(25)22-15-9-13(5-8-16(15)27-10)17-11(2)28-20(23-17)24-19(26)12-3-6-14(21)7-4-12/h3-10H,1-2H3,(H,22,25)(H,23,24,26)/t10-/m0/s1. The van der Waals surface area contributed by atoms with Crippen molar-refractivity contribution in [3.8, 4) is 17.0 Å². The normalized spacial score (nSPS) is 15.4. The summed E-state index contributed by atoms with van der Waals surface area (Å²) in [5.74, 6) is -0.359. The zero-order valence-electron chi connectivity index (χ0n) is 15.1. The Morgan fingerprint density at radius 2 is 2.00 bits per heavy atom. The van der Waals surface area contributed by atoms with E-state index in [0.29, 0.717) is 27.8 Å². The van der Waals surface area contributed by atoms with Crippen LogP contribution in [0.25, 0.3) is 11.3 Å². The highest BCUT2D eigenvalue weighted by Gasteiger charge is 2.24. The molecule has 6 nitrogen and oxygen atoms in total. The molecule has 0 bridgehead atoms. The molecule has 8 heteroatoms. The van der Waals surface area contributed by atoms with Gasteiger partial charge in [0.15, 0.2) is 11.2 Å². The molecule has 1 atom stereocenters. The zero-order valence-corrected chi connectivity index (χ0v) is 15.9. The van der Waals surface area contributed by atoms with Gasteiger partial charge in [0, 0.05) is 16.0 Å². The van der Waals surface area contributed by atoms with Gasteiger partial charge in [-0.05, 0) is 56.3 Å². The number of rotatable bonds is 3. The van der Waals surface area contributed by atoms with Crippen LogP contribution in [0.4, 0.5) is 15.2 Å². The second-order valence-electron chi connectivity index (χ2n) is 6.35. The molecule has 4 rings (SSSR count). The van der Waals surface area contributed by atoms with Gasteiger partial charge in [-0.25, -0.2) is 9.37 Å². The van der Waals surface area contributed by atoms with Crippen LogP contribution in [0.3, 0.4) is 0 Å². The highest BCUT2D eigenvalue weighted by Crippen LogP contribution is 2.37. The summed E-state index contributed by atoms with van der Waals surface area (Å²) < 4.78 is 18.6. The summed E-state index contributed by atoms with van der Waals surface area (Å²) in [4.78, 5) is 29.6. The first-order valence-corrected chi connectivity index (χ1v) is 9.38. The first kappa shape index (κ1) is 18.1. The van der Waals surface area contributed by atoms with Crippen LogP contribution in [-0.2, 0) is 4.79 Å². The lowest BCUT2D eigenvalue weighted by Gasteiger charge is -2.23. The molecule has 0 unspecified atom stereocenters. The average Bonchev–Trinajstić information content (AvgIpc) is 3.03. The number of halogens is 1. The molecule has 2 amide bonds. The van der Waals surface area contributed by atoms with E-state index in [-0.39, 0.29) is 11.8 Å². The van der Waals surface area contributed by atoms with E-state index in [0.717, 1.165) is 10.4 Å². The lowest BCUT2D eigenvalue weighted by atomic mass is 10.1. The number of carbonyl (C=O) groups excluding carboxylic acids is 2. The molecule has 0 saturated carbocycles. The average molecular weight is 397 g/mol. The molecule has 142 valence electrons. The molecule has 2 aromatic carbocycles. The molecule has 0 aliphatic carbocycles. The van der Waals surface area contributed by atoms with Crippen molar-refractivity contribution in [2.75, 3.05) is 10.6 Å². The number of aromatic nitrogens is 1. The smallest absolute Gasteiger partial charge is 0.265 e. The number of hydrogen-bond acceptors (Lipinski definition) is 5. The highest BCUT2D eigenvalue weighted by molar-refractivity contribution is 7.16. The molecule has 0 fully saturated rings. The van der Waals surface area contributed by atoms with E-state index < -0.39 is 11.9 Å². The van der Waals surface area contributed by atoms with E-state index in [1.165, 1.54) is 35.6 Å². The Morgan fingerprint density at radius 1 is 1.25 bits per heavy atom. The Labute approximate surface area is 164 Å². The Hall–Kier alpha value is -3.26. The van der Waals surface area contributed by atoms with E-state index in [1.54, 1.807) is 19.1 Å². The number of fused-ring (bicyclic) bond motifs is 1. The van der Waals surface area contributed by atoms with Crippen LogP contribution in [0, 0.1) is 12.7 Å². The Morgan fingerprint density at radius 3 is 2.75 bits per heavy atom. The first-order valence-electron chi connectivity index (χ1n) is 8.57. The van der Waals surface area contributed by atoms with Gasteiger partial charge in [0.25, 0.3) is 11.8 Å². The van der Waals surface area contributed by atoms with Crippen molar-refractivity contribution < 1.29 is 18.7 Å². The SMILES string of the molecule is Cc1sc(NC(=O)c2ccc(F)cc2)nc1-c1ccc2c(c1)NC(=O)[C@H](C)O2. The zero-order chi connectivity index (χ0) is 19.8. The molecule has 2 N–H and O–H groups in total. The van der Waals surface area contributed by atoms with Gasteiger partial charge in [0.05, 0.1) is 11.4 Å². The molecule has 0 saturated heterocycles. The van der Waals surface area contributed by atoms with Crippen LogP contribution in [0.2, 0.25) is 0 Å². The number of amides is 2. The molecule has 1 aliphatic rings. The van der Waals surface area contributed by atoms with Crippen molar-refractivity contribution in [3.05, 3.63) is 58.7 Å². The molecule has 1 aromatic heterocycles. The number of ether oxygens (including phenoxy) is 1. The monoisotopic (exact) mass is 397 g/mol. The van der Waals surface area contributed by atoms with Gasteiger partial charge in [-0.15, -0.1) is 11.3 Å². The van der Waals surface area contributed by atoms with Crippen molar-refractivity contribution in [3.63, 3.8) is 0 Å². The lowest BCUT2D eigenvalue weighted by molar-refractivity contribution is -0.122. The maximum atomic E-state index is 13.0. The fraction of sp³-hybridized carbons (Fsp3) is 0.150. The number of anilines is 2. The van der Waals surface area contributed by atoms with Crippen molar-refractivity contribution in [1.29, 1.82) is 0 Å². The first-order chi connectivity index (χ1) is 13.4. The van der Waals surface area contributed by atoms with E-state index >= 15 is 0 Å². The number of nitrogens with one attached hydrogen (secondary N) is 2. The maximum Gasteiger partial charge on any atom is 0.265 e. The van der Waals surface area contributed by atoms with Crippen molar-refractivity contribution >= 4 is 34.0 Å². The third-order valence-corrected chi connectivity index (χ3v) is 5.19. The quantitative estimate of drug-likeness (QED) is 0.693. The van der Waals surface area contributed by atoms with E-state index in [9.17, 15) is 14.0 Å². The van der Waals surface area contributed by atoms with Crippen LogP contribution in [0.5, 0.6) is 5.75 Å². The van der Waals surface area contributed by atoms with Crippen LogP contribution in [-0.4, -0.2) is 22.9 Å². The lowest BCUT2D eigenvalue weighted by Crippen LogP contribution is -2.34. The number of thiazole rings is 1. The summed E-state index contributed by atoms with van der Waals surface area (Å²) in [5, 5.41) is 5.99. The van der Waals surface area contributed by atoms with Gasteiger partial charge in [-0.2, -0.15) is 0 Å². The van der Waals surface area contributed by atoms with Crippen molar-refractivity contribution in [2.45, 2.75) is 20.0 Å². The van der Waals surface area contributed by atoms with Gasteiger partial charge in [-0.1, -0.05) is 0 Å². The molecule has 0 radical (unpaired) electrons. The summed E-state index contributed by atoms with van der Waals surface area (Å²) in [6.45, 7) is 3.59. The molecule has 0 spiro atoms. The van der Waals surface area contributed by atoms with Gasteiger partial charge >= 0.3 is 0 Å². The number of carbonyl (C=O) groups is 2. The maximum absolute atomic E-state index is 13.0. The van der Waals surface area contributed by atoms with Crippen LogP contribution >= 0.6 is 11.3 Å². The van der Waals surface area contributed by atoms with E-state index in [2.05, 4.69) is 15.6 Å². The summed E-state index contributed by atoms with van der Waals surface area (Å²) in [5.41, 5.74) is 2.44. The summed E-state index contributed by atoms with van der Waals surface area (Å²) in [6.07, 6.45) is -0.535. The highest BCUT2D eigenvalue weighted by atomic mass is 32.1. The Balaban J connectivity index is 1.58. The van der Waals surface area contributed by atoms with Crippen LogP contribution < -0.4 is 15.4 Å². The fourth-order valence-electron chi connectivity index (χ4n) is 2.84. The molecule has 3 aromatic rings. The van der Waals surface area contributed by atoms with E-state index in [4.69, 9.17) is 4.74 Å². The third kappa shape index (κ3) is 3.46. The molecule has 2 heterocycles. The minimum Gasteiger partial charge on any atom is -0.479 e. The minimum atomic E-state index is -0.535. The van der Waals surface area contributed by atoms with Crippen LogP contribution in [0.15, 0.2) is 42.5 Å². The number of hydrogen-bond donors (Lipinski definition) is 2. The van der Waals surface area contributed by atoms with Crippen LogP contribution in [0.1, 0.15) is 22.2 Å². The Bertz CT molecular complexity index is 1080. The molecule has 28 heavy (non-hydrogen) atoms. The predicted octanol–water partition coefficient (Wildman–Crippen LogP) is 4.23. The number of benzene rings is 2. The summed E-state index contributed by atoms with van der Waals surface area (Å²) in [6, 6.07) is 10.7. The molecular weight excluding hydrogens is 381 g/mol. The molecule has 1 aliphatic heterocycles. The van der Waals surface area contributed by atoms with Gasteiger partial charge in [0.1, 0.15) is 11.6 Å². The fourth-order valence-corrected chi connectivity index (χ4v) is 3.68. The number of nitrogens with zero attached hydrogens (tertiary/aromatic N) is 1. The molecular formula is C20H16FN3O3S. The number of aryl methyl sites for hydroxylation is 1. The van der Waals surface area contributed by atoms with Gasteiger partial charge < -0.3 is 10.1 Å². The second kappa shape index (κ2) is 7.05. The Kier molecular flexibility index (Phi) is 4.56. The minimum absolute atomic E-state index is 0.202. The van der Waals surface area contributed by atoms with Gasteiger partial charge in [0.2, 0.25) is 0 Å². The summed E-state index contributed by atoms with van der Waals surface area (Å²) in [7, 11) is 0. The largest absolute Gasteiger partial charge is 0.479 e. The van der Waals surface area contributed by atoms with Crippen molar-refractivity contribution in [2.24, 2.45) is 0 Å². The van der Waals surface area contributed by atoms with Gasteiger partial charge in [-0.3, -0.25) is 14.9 Å². The third-order valence-electron chi connectivity index (χ3n) is 4.31. The predicted molar refractivity (Wildman–Crippen MR) is 105 cm³/mol. The summed E-state index contributed by atoms with van der Waals surface area (Å²) >= 11 is 1.34. The topological polar surface area (TPSA) is 80.3 Å². The second-order valence-corrected chi connectivity index (χ2v) is 7.55. The van der Waals surface area contributed by atoms with Crippen molar-refractivity contribution in [1.82, 2.24) is 4.98 Å². The van der Waals surface area contributed by atoms with E-state index in [1.807, 2.05) is 13.0 Å².